The molecule has 3 aliphatic rings. The van der Waals surface area contributed by atoms with Crippen molar-refractivity contribution in [1.29, 1.82) is 0 Å². The van der Waals surface area contributed by atoms with Crippen LogP contribution in [0.3, 0.4) is 0 Å². The lowest BCUT2D eigenvalue weighted by Crippen LogP contribution is -2.62. The number of amides is 3. The van der Waals surface area contributed by atoms with Gasteiger partial charge in [0.25, 0.3) is 0 Å². The molecule has 0 aromatic heterocycles. The summed E-state index contributed by atoms with van der Waals surface area (Å²) in [6.45, 7) is 29.2. The lowest BCUT2D eigenvalue weighted by molar-refractivity contribution is -0.159. The zero-order valence-corrected chi connectivity index (χ0v) is 31.6. The third-order valence-electron chi connectivity index (χ3n) is 10.9. The Kier molecular flexibility index (Phi) is 11.2. The number of nitrogens with zero attached hydrogens (tertiary/aromatic N) is 3. The van der Waals surface area contributed by atoms with Gasteiger partial charge in [-0.05, 0) is 88.5 Å². The molecule has 0 saturated carbocycles. The first kappa shape index (κ1) is 38.6. The van der Waals surface area contributed by atoms with E-state index in [1.54, 1.807) is 22.0 Å². The van der Waals surface area contributed by atoms with E-state index in [9.17, 15) is 9.90 Å². The van der Waals surface area contributed by atoms with Crippen LogP contribution in [0.25, 0.3) is 0 Å². The molecule has 2 bridgehead atoms. The summed E-state index contributed by atoms with van der Waals surface area (Å²) in [5, 5.41) is 10.8. The third kappa shape index (κ3) is 6.94. The zero-order chi connectivity index (χ0) is 36.7. The molecule has 9 nitrogen and oxygen atoms in total. The molecule has 9 heteroatoms. The molecule has 3 aliphatic heterocycles. The quantitative estimate of drug-likeness (QED) is 0.220. The Hall–Kier alpha value is -3.17. The molecule has 0 radical (unpaired) electrons. The SMILES string of the molecule is C=CCN(C(=O)[C@@H]1[C@H]2C(=O)N([C@@H](CO)CC(C)C)C(C(=O)N(CC=C)C(C)(C)CC(C)(C)C)C23CC(C)[C@@]1(C)O3)c1ccc(OCC)cc1. The summed E-state index contributed by atoms with van der Waals surface area (Å²) in [6.07, 6.45) is 5.06. The summed E-state index contributed by atoms with van der Waals surface area (Å²) in [6, 6.07) is 5.70. The predicted octanol–water partition coefficient (Wildman–Crippen LogP) is 6.25. The van der Waals surface area contributed by atoms with Gasteiger partial charge in [-0.15, -0.1) is 13.2 Å². The summed E-state index contributed by atoms with van der Waals surface area (Å²) < 4.78 is 12.7. The van der Waals surface area contributed by atoms with E-state index in [1.807, 2.05) is 56.9 Å². The Morgan fingerprint density at radius 1 is 1.10 bits per heavy atom. The molecule has 49 heavy (non-hydrogen) atoms. The number of hydrogen-bond acceptors (Lipinski definition) is 6. The summed E-state index contributed by atoms with van der Waals surface area (Å²) >= 11 is 0. The van der Waals surface area contributed by atoms with Crippen molar-refractivity contribution in [2.75, 3.05) is 31.2 Å². The molecule has 1 aromatic carbocycles. The summed E-state index contributed by atoms with van der Waals surface area (Å²) in [5.41, 5.74) is -2.26. The minimum atomic E-state index is -1.25. The maximum absolute atomic E-state index is 15.3. The van der Waals surface area contributed by atoms with E-state index in [0.717, 1.165) is 0 Å². The van der Waals surface area contributed by atoms with Gasteiger partial charge in [-0.25, -0.2) is 0 Å². The molecule has 272 valence electrons. The average molecular weight is 680 g/mol. The van der Waals surface area contributed by atoms with Gasteiger partial charge in [0.15, 0.2) is 0 Å². The number of rotatable bonds is 15. The zero-order valence-electron chi connectivity index (χ0n) is 31.6. The molecular formula is C40H61N3O6. The van der Waals surface area contributed by atoms with Crippen molar-refractivity contribution in [1.82, 2.24) is 9.80 Å². The van der Waals surface area contributed by atoms with Crippen molar-refractivity contribution in [3.05, 3.63) is 49.6 Å². The number of likely N-dealkylation sites (tertiary alicyclic amines) is 1. The summed E-state index contributed by atoms with van der Waals surface area (Å²) in [5.74, 6) is -1.81. The lowest BCUT2D eigenvalue weighted by Gasteiger charge is -2.46. The number of benzene rings is 1. The first-order chi connectivity index (χ1) is 22.8. The number of anilines is 1. The number of fused-ring (bicyclic) bond motifs is 1. The lowest BCUT2D eigenvalue weighted by atomic mass is 9.62. The number of carbonyl (C=O) groups is 3. The first-order valence-electron chi connectivity index (χ1n) is 18.0. The van der Waals surface area contributed by atoms with Crippen LogP contribution in [0.15, 0.2) is 49.6 Å². The molecule has 3 unspecified atom stereocenters. The fourth-order valence-electron chi connectivity index (χ4n) is 9.36. The molecule has 7 atom stereocenters. The Balaban J connectivity index is 1.89. The van der Waals surface area contributed by atoms with Crippen LogP contribution in [-0.4, -0.2) is 87.8 Å². The van der Waals surface area contributed by atoms with E-state index >= 15 is 9.59 Å². The third-order valence-corrected chi connectivity index (χ3v) is 10.9. The molecule has 3 fully saturated rings. The molecule has 3 saturated heterocycles. The highest BCUT2D eigenvalue weighted by atomic mass is 16.5. The predicted molar refractivity (Wildman–Crippen MR) is 194 cm³/mol. The summed E-state index contributed by atoms with van der Waals surface area (Å²) in [7, 11) is 0. The Morgan fingerprint density at radius 3 is 2.22 bits per heavy atom. The molecule has 0 aliphatic carbocycles. The van der Waals surface area contributed by atoms with Crippen molar-refractivity contribution >= 4 is 23.4 Å². The highest BCUT2D eigenvalue weighted by Gasteiger charge is 2.80. The Bertz CT molecular complexity index is 1400. The number of hydrogen-bond donors (Lipinski definition) is 1. The molecule has 1 spiro atoms. The first-order valence-corrected chi connectivity index (χ1v) is 18.0. The largest absolute Gasteiger partial charge is 0.494 e. The van der Waals surface area contributed by atoms with E-state index in [1.165, 1.54) is 0 Å². The molecule has 1 N–H and O–H groups in total. The highest BCUT2D eigenvalue weighted by Crippen LogP contribution is 2.66. The smallest absolute Gasteiger partial charge is 0.249 e. The standard InChI is InChI=1S/C40H61N3O6/c1-13-20-41(28-16-18-30(19-17-28)48-15-3)34(45)31-32-35(46)43(29(24-44)22-26(4)5)33(40(32)23-27(6)39(31,12)49-40)36(47)42(21-14-2)38(10,11)25-37(7,8)9/h13-14,16-19,26-27,29,31-33,44H,1-2,15,20-25H2,3-12H3/t27?,29-,31+,32+,33?,39-,40?/m1/s1. The van der Waals surface area contributed by atoms with Crippen LogP contribution in [0.4, 0.5) is 5.69 Å². The van der Waals surface area contributed by atoms with Gasteiger partial charge in [0.2, 0.25) is 17.7 Å². The van der Waals surface area contributed by atoms with Gasteiger partial charge >= 0.3 is 0 Å². The highest BCUT2D eigenvalue weighted by molar-refractivity contribution is 6.03. The van der Waals surface area contributed by atoms with Crippen LogP contribution in [0.1, 0.15) is 88.5 Å². The monoisotopic (exact) mass is 679 g/mol. The number of carbonyl (C=O) groups excluding carboxylic acids is 3. The van der Waals surface area contributed by atoms with E-state index < -0.39 is 40.7 Å². The van der Waals surface area contributed by atoms with Crippen LogP contribution >= 0.6 is 0 Å². The van der Waals surface area contributed by atoms with Gasteiger partial charge in [-0.2, -0.15) is 0 Å². The molecular weight excluding hydrogens is 618 g/mol. The number of aliphatic hydroxyl groups is 1. The Labute approximate surface area is 294 Å². The second kappa shape index (κ2) is 14.2. The normalized spacial score (nSPS) is 28.4. The molecule has 3 heterocycles. The number of ether oxygens (including phenoxy) is 2. The number of aliphatic hydroxyl groups excluding tert-OH is 1. The molecule has 4 rings (SSSR count). The van der Waals surface area contributed by atoms with Gasteiger partial charge in [0.1, 0.15) is 17.4 Å². The van der Waals surface area contributed by atoms with Crippen molar-refractivity contribution in [2.24, 2.45) is 29.1 Å². The molecule has 3 amide bonds. The molecule has 1 aromatic rings. The van der Waals surface area contributed by atoms with Crippen molar-refractivity contribution < 1.29 is 29.0 Å². The van der Waals surface area contributed by atoms with E-state index in [2.05, 4.69) is 54.7 Å². The van der Waals surface area contributed by atoms with E-state index in [4.69, 9.17) is 9.47 Å². The van der Waals surface area contributed by atoms with Crippen LogP contribution in [-0.2, 0) is 19.1 Å². The van der Waals surface area contributed by atoms with Gasteiger partial charge in [0, 0.05) is 24.3 Å². The minimum absolute atomic E-state index is 0.0855. The summed E-state index contributed by atoms with van der Waals surface area (Å²) in [4.78, 5) is 50.4. The van der Waals surface area contributed by atoms with E-state index in [-0.39, 0.29) is 54.7 Å². The fraction of sp³-hybridized carbons (Fsp3) is 0.675. The van der Waals surface area contributed by atoms with Crippen molar-refractivity contribution in [3.8, 4) is 5.75 Å². The van der Waals surface area contributed by atoms with Crippen molar-refractivity contribution in [2.45, 2.75) is 117 Å². The second-order valence-corrected chi connectivity index (χ2v) is 16.9. The topological polar surface area (TPSA) is 99.6 Å². The van der Waals surface area contributed by atoms with Gasteiger partial charge in [-0.1, -0.05) is 53.7 Å². The second-order valence-electron chi connectivity index (χ2n) is 16.9. The maximum atomic E-state index is 15.3. The average Bonchev–Trinajstić information content (AvgIpc) is 3.52. The van der Waals surface area contributed by atoms with Crippen LogP contribution in [0.5, 0.6) is 5.75 Å². The maximum Gasteiger partial charge on any atom is 0.249 e. The van der Waals surface area contributed by atoms with E-state index in [0.29, 0.717) is 37.3 Å². The van der Waals surface area contributed by atoms with Crippen LogP contribution in [0.2, 0.25) is 0 Å². The van der Waals surface area contributed by atoms with Crippen molar-refractivity contribution in [3.63, 3.8) is 0 Å². The fourth-order valence-corrected chi connectivity index (χ4v) is 9.36. The van der Waals surface area contributed by atoms with Crippen LogP contribution in [0, 0.1) is 29.1 Å². The Morgan fingerprint density at radius 2 is 1.71 bits per heavy atom. The van der Waals surface area contributed by atoms with Gasteiger partial charge in [0.05, 0.1) is 36.7 Å². The van der Waals surface area contributed by atoms with Gasteiger partial charge in [-0.3, -0.25) is 14.4 Å². The minimum Gasteiger partial charge on any atom is -0.494 e. The van der Waals surface area contributed by atoms with Gasteiger partial charge < -0.3 is 29.3 Å². The van der Waals surface area contributed by atoms with Crippen LogP contribution < -0.4 is 9.64 Å².